The maximum Gasteiger partial charge on any atom is 0.251 e. The number of carbonyl (C=O) groups excluding carboxylic acids is 4. The fourth-order valence-electron chi connectivity index (χ4n) is 10.5. The number of aryl methyl sites for hydroxylation is 1. The maximum atomic E-state index is 14.2. The predicted octanol–water partition coefficient (Wildman–Crippen LogP) is 6.62. The number of amides is 4. The van der Waals surface area contributed by atoms with Crippen LogP contribution in [0.15, 0.2) is 72.2 Å². The summed E-state index contributed by atoms with van der Waals surface area (Å²) in [6, 6.07) is 20.0. The van der Waals surface area contributed by atoms with Crippen molar-refractivity contribution >= 4 is 46.6 Å². The van der Waals surface area contributed by atoms with Crippen molar-refractivity contribution in [3.8, 4) is 28.0 Å². The Balaban J connectivity index is 0.833. The Morgan fingerprint density at radius 1 is 0.971 bits per heavy atom. The number of aromatic nitrogens is 1. The van der Waals surface area contributed by atoms with Crippen molar-refractivity contribution in [1.29, 1.82) is 5.26 Å². The van der Waals surface area contributed by atoms with Crippen molar-refractivity contribution in [3.05, 3.63) is 99.6 Å². The third kappa shape index (κ3) is 11.6. The fraction of sp³-hybridized carbons (Fsp3) is 0.509. The Morgan fingerprint density at radius 2 is 1.63 bits per heavy atom. The first kappa shape index (κ1) is 52.3. The van der Waals surface area contributed by atoms with Crippen molar-refractivity contribution in [1.82, 2.24) is 35.6 Å². The van der Waals surface area contributed by atoms with Crippen LogP contribution in [0.1, 0.15) is 95.0 Å². The summed E-state index contributed by atoms with van der Waals surface area (Å²) < 4.78 is 12.4. The zero-order chi connectivity index (χ0) is 50.7. The van der Waals surface area contributed by atoms with Crippen LogP contribution in [0, 0.1) is 34.5 Å². The summed E-state index contributed by atoms with van der Waals surface area (Å²) in [5, 5.41) is 29.8. The van der Waals surface area contributed by atoms with E-state index in [2.05, 4.69) is 59.6 Å². The summed E-state index contributed by atoms with van der Waals surface area (Å²) in [5.74, 6) is 0.254. The topological polar surface area (TPSA) is 189 Å². The molecule has 3 heterocycles. The molecule has 2 saturated heterocycles. The fourth-order valence-corrected chi connectivity index (χ4v) is 11.5. The minimum absolute atomic E-state index is 0.0283. The average molecular weight is 996 g/mol. The van der Waals surface area contributed by atoms with Gasteiger partial charge in [-0.15, -0.1) is 11.3 Å². The highest BCUT2D eigenvalue weighted by Gasteiger charge is 2.64. The molecule has 7 rings (SSSR count). The first-order chi connectivity index (χ1) is 33.1. The normalized spacial score (nSPS) is 21.7. The lowest BCUT2D eigenvalue weighted by Crippen LogP contribution is -2.74. The van der Waals surface area contributed by atoms with Crippen molar-refractivity contribution < 1.29 is 33.8 Å². The summed E-state index contributed by atoms with van der Waals surface area (Å²) in [6.45, 7) is 21.3. The highest BCUT2D eigenvalue weighted by atomic mass is 35.5. The van der Waals surface area contributed by atoms with E-state index in [9.17, 15) is 29.5 Å². The van der Waals surface area contributed by atoms with E-state index in [0.29, 0.717) is 67.0 Å². The Bertz CT molecular complexity index is 2550. The quantitative estimate of drug-likeness (QED) is 0.0945. The van der Waals surface area contributed by atoms with Crippen molar-refractivity contribution in [2.24, 2.45) is 16.2 Å². The molecule has 70 heavy (non-hydrogen) atoms. The van der Waals surface area contributed by atoms with Crippen LogP contribution in [0.2, 0.25) is 5.02 Å². The number of nitrogens with zero attached hydrogens (tertiary/aromatic N) is 5. The molecule has 4 aromatic rings. The number of aliphatic hydroxyl groups excluding tert-OH is 1. The zero-order valence-corrected chi connectivity index (χ0v) is 43.2. The molecule has 4 N–H and O–H groups in total. The summed E-state index contributed by atoms with van der Waals surface area (Å²) in [7, 11) is 0. The standard InChI is InChI=1S/C53H67ClN8O7S/c1-32(34-10-12-35(13-11-34)44-33(2)57-31-70-44)58-47(66)42-26-38(63)30-62(42)48(67)45(51(3,4)5)56-29-43(64)61-22-20-60(21-23-61)24-25-68-39-17-14-36(15-18-39)46(65)59-49-52(6,7)50(53(49,8)9)69-40-19-16-37(28-55)41(54)27-40/h10-19,27,31-32,38,42,45,49-50,56,63H,20-26,29-30H2,1-9H3,(H,58,66)(H,59,65)/t32-,38+,42-,45+,49?,50?/m0/s1. The number of rotatable bonds is 16. The minimum Gasteiger partial charge on any atom is -0.492 e. The zero-order valence-electron chi connectivity index (χ0n) is 41.7. The second-order valence-corrected chi connectivity index (χ2v) is 22.4. The molecule has 0 spiro atoms. The van der Waals surface area contributed by atoms with Gasteiger partial charge in [-0.1, -0.05) is 84.3 Å². The third-order valence-electron chi connectivity index (χ3n) is 14.2. The number of halogens is 1. The molecule has 0 bridgehead atoms. The number of carbonyl (C=O) groups is 4. The number of hydrogen-bond acceptors (Lipinski definition) is 12. The van der Waals surface area contributed by atoms with Crippen molar-refractivity contribution in [2.45, 2.75) is 105 Å². The maximum absolute atomic E-state index is 14.2. The molecule has 0 unspecified atom stereocenters. The lowest BCUT2D eigenvalue weighted by Gasteiger charge is -2.63. The smallest absolute Gasteiger partial charge is 0.251 e. The Kier molecular flexibility index (Phi) is 16.0. The number of ether oxygens (including phenoxy) is 2. The number of benzene rings is 3. The number of thiazole rings is 1. The van der Waals surface area contributed by atoms with E-state index in [1.54, 1.807) is 58.7 Å². The van der Waals surface area contributed by atoms with E-state index in [4.69, 9.17) is 21.1 Å². The van der Waals surface area contributed by atoms with Gasteiger partial charge in [0.1, 0.15) is 36.3 Å². The molecular formula is C53H67ClN8O7S. The highest BCUT2D eigenvalue weighted by molar-refractivity contribution is 7.13. The molecule has 4 atom stereocenters. The van der Waals surface area contributed by atoms with Gasteiger partial charge in [0.15, 0.2) is 0 Å². The molecular weight excluding hydrogens is 928 g/mol. The lowest BCUT2D eigenvalue weighted by atomic mass is 9.49. The van der Waals surface area contributed by atoms with E-state index in [0.717, 1.165) is 21.7 Å². The van der Waals surface area contributed by atoms with Crippen LogP contribution >= 0.6 is 22.9 Å². The second kappa shape index (κ2) is 21.4. The lowest BCUT2D eigenvalue weighted by molar-refractivity contribution is -0.164. The number of nitriles is 1. The third-order valence-corrected chi connectivity index (χ3v) is 15.5. The van der Waals surface area contributed by atoms with Crippen molar-refractivity contribution in [3.63, 3.8) is 0 Å². The first-order valence-corrected chi connectivity index (χ1v) is 25.3. The van der Waals surface area contributed by atoms with Gasteiger partial charge in [-0.3, -0.25) is 29.4 Å². The minimum atomic E-state index is -0.854. The molecule has 0 radical (unpaired) electrons. The molecule has 15 nitrogen and oxygen atoms in total. The van der Waals surface area contributed by atoms with Crippen LogP contribution in [0.3, 0.4) is 0 Å². The van der Waals surface area contributed by atoms with Gasteiger partial charge in [-0.25, -0.2) is 4.98 Å². The van der Waals surface area contributed by atoms with E-state index >= 15 is 0 Å². The summed E-state index contributed by atoms with van der Waals surface area (Å²) >= 11 is 7.83. The van der Waals surface area contributed by atoms with Crippen molar-refractivity contribution in [2.75, 3.05) is 52.4 Å². The molecule has 17 heteroatoms. The number of nitrogens with one attached hydrogen (secondary N) is 3. The van der Waals surface area contributed by atoms with Crippen LogP contribution in [0.4, 0.5) is 0 Å². The number of β-amino-alcohol motifs (C(OH)–C–C–N with tert-alkyl or cyclic N) is 1. The number of hydrogen-bond donors (Lipinski definition) is 4. The van der Waals surface area contributed by atoms with Gasteiger partial charge in [0.25, 0.3) is 5.91 Å². The molecule has 3 fully saturated rings. The highest BCUT2D eigenvalue weighted by Crippen LogP contribution is 2.55. The molecule has 3 aliphatic rings. The molecule has 4 amide bonds. The summed E-state index contributed by atoms with van der Waals surface area (Å²) in [6.07, 6.45) is -0.936. The van der Waals surface area contributed by atoms with E-state index < -0.39 is 34.4 Å². The SMILES string of the molecule is Cc1ncsc1-c1ccc([C@H](C)NC(=O)[C@@H]2C[C@@H](O)CN2C(=O)[C@@H](NCC(=O)N2CCN(CCOc3ccc(C(=O)NC4C(C)(C)C(Oc5ccc(C#N)c(Cl)c5)C4(C)C)cc3)CC2)C(C)(C)C)cc1. The number of piperazine rings is 1. The monoisotopic (exact) mass is 994 g/mol. The molecule has 3 aromatic carbocycles. The van der Waals surface area contributed by atoms with Gasteiger partial charge >= 0.3 is 0 Å². The van der Waals surface area contributed by atoms with Gasteiger partial charge in [-0.2, -0.15) is 5.26 Å². The molecule has 1 aliphatic carbocycles. The molecule has 1 saturated carbocycles. The van der Waals surface area contributed by atoms with Gasteiger partial charge in [0, 0.05) is 74.2 Å². The van der Waals surface area contributed by atoms with Gasteiger partial charge in [0.05, 0.1) is 51.4 Å². The largest absolute Gasteiger partial charge is 0.492 e. The Labute approximate surface area is 420 Å². The molecule has 2 aliphatic heterocycles. The van der Waals surface area contributed by atoms with Crippen LogP contribution in [-0.4, -0.2) is 131 Å². The second-order valence-electron chi connectivity index (χ2n) is 21.1. The van der Waals surface area contributed by atoms with Crippen LogP contribution in [-0.2, 0) is 14.4 Å². The average Bonchev–Trinajstić information content (AvgIpc) is 3.94. The molecule has 374 valence electrons. The Hall–Kier alpha value is -5.57. The summed E-state index contributed by atoms with van der Waals surface area (Å²) in [4.78, 5) is 65.9. The summed E-state index contributed by atoms with van der Waals surface area (Å²) in [5.41, 5.74) is 4.28. The van der Waals surface area contributed by atoms with Crippen LogP contribution in [0.5, 0.6) is 11.5 Å². The van der Waals surface area contributed by atoms with Gasteiger partial charge < -0.3 is 35.0 Å². The number of likely N-dealkylation sites (tertiary alicyclic amines) is 1. The Morgan fingerprint density at radius 3 is 2.23 bits per heavy atom. The van der Waals surface area contributed by atoms with E-state index in [-0.39, 0.29) is 61.3 Å². The predicted molar refractivity (Wildman–Crippen MR) is 271 cm³/mol. The van der Waals surface area contributed by atoms with Crippen LogP contribution in [0.25, 0.3) is 10.4 Å². The number of aliphatic hydroxyl groups is 1. The van der Waals surface area contributed by atoms with Gasteiger partial charge in [-0.05, 0) is 66.8 Å². The van der Waals surface area contributed by atoms with E-state index in [1.165, 1.54) is 4.90 Å². The first-order valence-electron chi connectivity index (χ1n) is 24.0. The molecule has 1 aromatic heterocycles. The van der Waals surface area contributed by atoms with Crippen LogP contribution < -0.4 is 25.4 Å². The van der Waals surface area contributed by atoms with E-state index in [1.807, 2.05) is 64.4 Å². The van der Waals surface area contributed by atoms with Gasteiger partial charge in [0.2, 0.25) is 17.7 Å².